The van der Waals surface area contributed by atoms with Gasteiger partial charge < -0.3 is 35.3 Å². The molecule has 270 valence electrons. The third-order valence-corrected chi connectivity index (χ3v) is 8.55. The third kappa shape index (κ3) is 11.4. The van der Waals surface area contributed by atoms with Gasteiger partial charge in [0.05, 0.1) is 31.8 Å². The molecule has 1 aliphatic rings. The van der Waals surface area contributed by atoms with Gasteiger partial charge >= 0.3 is 12.1 Å². The molecule has 0 radical (unpaired) electrons. The first-order valence-corrected chi connectivity index (χ1v) is 17.2. The molecule has 0 aliphatic heterocycles. The second kappa shape index (κ2) is 20.4. The molecule has 0 heterocycles. The van der Waals surface area contributed by atoms with E-state index >= 15 is 0 Å². The molecule has 1 aliphatic carbocycles. The van der Waals surface area contributed by atoms with Crippen molar-refractivity contribution in [1.29, 1.82) is 0 Å². The summed E-state index contributed by atoms with van der Waals surface area (Å²) in [4.78, 5) is 52.5. The van der Waals surface area contributed by atoms with E-state index < -0.39 is 36.0 Å². The first kappa shape index (κ1) is 38.5. The van der Waals surface area contributed by atoms with Crippen LogP contribution in [0.2, 0.25) is 0 Å². The number of amides is 3. The molecule has 0 fully saturated rings. The Bertz CT molecular complexity index is 1580. The minimum atomic E-state index is -1.02. The zero-order valence-electron chi connectivity index (χ0n) is 28.8. The number of rotatable bonds is 21. The molecule has 11 nitrogen and oxygen atoms in total. The number of nitrogens with one attached hydrogen (secondary N) is 3. The van der Waals surface area contributed by atoms with Crippen molar-refractivity contribution < 1.29 is 38.5 Å². The van der Waals surface area contributed by atoms with Crippen LogP contribution in [-0.2, 0) is 28.6 Å². The highest BCUT2D eigenvalue weighted by molar-refractivity contribution is 5.86. The van der Waals surface area contributed by atoms with E-state index in [0.29, 0.717) is 12.0 Å². The van der Waals surface area contributed by atoms with Gasteiger partial charge in [0, 0.05) is 18.9 Å². The molecule has 4 N–H and O–H groups in total. The molecule has 0 unspecified atom stereocenters. The summed E-state index contributed by atoms with van der Waals surface area (Å²) >= 11 is 0. The molecule has 0 saturated carbocycles. The number of aliphatic hydroxyl groups is 1. The van der Waals surface area contributed by atoms with Gasteiger partial charge in [-0.15, -0.1) is 13.2 Å². The summed E-state index contributed by atoms with van der Waals surface area (Å²) in [6.07, 6.45) is 3.28. The van der Waals surface area contributed by atoms with E-state index in [-0.39, 0.29) is 70.7 Å². The zero-order chi connectivity index (χ0) is 36.4. The lowest BCUT2D eigenvalue weighted by molar-refractivity contribution is -0.147. The fraction of sp³-hybridized carbons (Fsp3) is 0.350. The highest BCUT2D eigenvalue weighted by Gasteiger charge is 2.31. The number of hydrogen-bond donors (Lipinski definition) is 4. The summed E-state index contributed by atoms with van der Waals surface area (Å²) in [7, 11) is 0. The van der Waals surface area contributed by atoms with Crippen molar-refractivity contribution in [3.05, 3.63) is 121 Å². The molecule has 0 aromatic heterocycles. The molecule has 4 rings (SSSR count). The Morgan fingerprint density at radius 3 is 2.14 bits per heavy atom. The lowest BCUT2D eigenvalue weighted by Gasteiger charge is -2.24. The van der Waals surface area contributed by atoms with E-state index in [9.17, 15) is 19.2 Å². The average molecular weight is 698 g/mol. The minimum Gasteiger partial charge on any atom is -0.462 e. The van der Waals surface area contributed by atoms with Gasteiger partial charge in [0.25, 0.3) is 0 Å². The van der Waals surface area contributed by atoms with Crippen molar-refractivity contribution in [2.75, 3.05) is 39.6 Å². The lowest BCUT2D eigenvalue weighted by atomic mass is 9.98. The van der Waals surface area contributed by atoms with E-state index in [0.717, 1.165) is 22.3 Å². The van der Waals surface area contributed by atoms with Gasteiger partial charge in [0.2, 0.25) is 11.8 Å². The molecule has 0 bridgehead atoms. The molecular formula is C40H47N3O8. The monoisotopic (exact) mass is 697 g/mol. The number of hydrogen-bond acceptors (Lipinski definition) is 8. The van der Waals surface area contributed by atoms with Gasteiger partial charge in [-0.25, -0.2) is 9.59 Å². The fourth-order valence-corrected chi connectivity index (χ4v) is 5.99. The molecule has 3 atom stereocenters. The predicted octanol–water partition coefficient (Wildman–Crippen LogP) is 4.97. The standard InChI is InChI=1S/C40H47N3O8/c1-3-5-20-35(43-40(48)51-26-34-32-18-11-9-16-30(32)31-17-10-12-19-33(31)34)39(47)50-27-36(28-14-7-6-8-15-28)42-38(46)29(13-4-2)25-37(45)41-21-23-49-24-22-44/h3-4,6-12,14-19,29,34-36,44H,1-2,5,13,20-27H2,(H,41,45)(H,42,46)(H,43,48)/t29-,35-,36-/m0/s1. The van der Waals surface area contributed by atoms with Crippen molar-refractivity contribution >= 4 is 23.9 Å². The zero-order valence-corrected chi connectivity index (χ0v) is 28.8. The number of carbonyl (C=O) groups is 4. The molecule has 0 spiro atoms. The number of esters is 1. The van der Waals surface area contributed by atoms with Crippen LogP contribution in [0, 0.1) is 5.92 Å². The highest BCUT2D eigenvalue weighted by Crippen LogP contribution is 2.44. The number of benzene rings is 3. The summed E-state index contributed by atoms with van der Waals surface area (Å²) in [6.45, 7) is 7.86. The topological polar surface area (TPSA) is 152 Å². The van der Waals surface area contributed by atoms with Crippen LogP contribution in [0.1, 0.15) is 54.3 Å². The predicted molar refractivity (Wildman–Crippen MR) is 194 cm³/mol. The Morgan fingerprint density at radius 1 is 0.824 bits per heavy atom. The molecule has 51 heavy (non-hydrogen) atoms. The van der Waals surface area contributed by atoms with Crippen LogP contribution in [0.25, 0.3) is 11.1 Å². The van der Waals surface area contributed by atoms with Crippen molar-refractivity contribution in [1.82, 2.24) is 16.0 Å². The molecular weight excluding hydrogens is 650 g/mol. The second-order valence-corrected chi connectivity index (χ2v) is 12.1. The maximum absolute atomic E-state index is 13.5. The van der Waals surface area contributed by atoms with Gasteiger partial charge in [-0.3, -0.25) is 9.59 Å². The second-order valence-electron chi connectivity index (χ2n) is 12.1. The van der Waals surface area contributed by atoms with Crippen molar-refractivity contribution in [3.8, 4) is 11.1 Å². The number of alkyl carbamates (subject to hydrolysis) is 1. The Hall–Kier alpha value is -5.26. The summed E-state index contributed by atoms with van der Waals surface area (Å²) in [5.41, 5.74) is 5.04. The molecule has 0 saturated heterocycles. The number of fused-ring (bicyclic) bond motifs is 3. The van der Waals surface area contributed by atoms with Crippen LogP contribution in [0.3, 0.4) is 0 Å². The van der Waals surface area contributed by atoms with E-state index in [1.807, 2.05) is 42.5 Å². The number of aliphatic hydroxyl groups excluding tert-OH is 1. The first-order chi connectivity index (χ1) is 24.9. The van der Waals surface area contributed by atoms with Crippen LogP contribution in [0.5, 0.6) is 0 Å². The largest absolute Gasteiger partial charge is 0.462 e. The Morgan fingerprint density at radius 2 is 1.49 bits per heavy atom. The number of allylic oxidation sites excluding steroid dienone is 2. The van der Waals surface area contributed by atoms with Crippen LogP contribution in [-0.4, -0.2) is 74.6 Å². The molecule has 3 aromatic rings. The van der Waals surface area contributed by atoms with Gasteiger partial charge in [-0.05, 0) is 47.1 Å². The average Bonchev–Trinajstić information content (AvgIpc) is 3.47. The van der Waals surface area contributed by atoms with Gasteiger partial charge in [0.15, 0.2) is 0 Å². The summed E-state index contributed by atoms with van der Waals surface area (Å²) in [6, 6.07) is 23.3. The van der Waals surface area contributed by atoms with Crippen LogP contribution in [0.4, 0.5) is 4.79 Å². The molecule has 11 heteroatoms. The van der Waals surface area contributed by atoms with Gasteiger partial charge in [-0.2, -0.15) is 0 Å². The maximum atomic E-state index is 13.5. The van der Waals surface area contributed by atoms with Crippen molar-refractivity contribution in [2.24, 2.45) is 5.92 Å². The summed E-state index contributed by atoms with van der Waals surface area (Å²) < 4.78 is 16.5. The lowest BCUT2D eigenvalue weighted by Crippen LogP contribution is -2.44. The SMILES string of the molecule is C=CCC[C@H](NC(=O)OCC1c2ccccc2-c2ccccc21)C(=O)OC[C@H](NC(=O)[C@@H](CC=C)CC(=O)NCCOCCO)c1ccccc1. The Labute approximate surface area is 299 Å². The Kier molecular flexibility index (Phi) is 15.4. The van der Waals surface area contributed by atoms with Crippen molar-refractivity contribution in [3.63, 3.8) is 0 Å². The third-order valence-electron chi connectivity index (χ3n) is 8.55. The minimum absolute atomic E-state index is 0.0899. The quantitative estimate of drug-likeness (QED) is 0.0692. The van der Waals surface area contributed by atoms with Crippen LogP contribution >= 0.6 is 0 Å². The van der Waals surface area contributed by atoms with Gasteiger partial charge in [-0.1, -0.05) is 91.0 Å². The van der Waals surface area contributed by atoms with Crippen LogP contribution < -0.4 is 16.0 Å². The normalized spacial score (nSPS) is 13.4. The number of ether oxygens (including phenoxy) is 3. The van der Waals surface area contributed by atoms with E-state index in [4.69, 9.17) is 19.3 Å². The van der Waals surface area contributed by atoms with Crippen molar-refractivity contribution in [2.45, 2.75) is 43.7 Å². The van der Waals surface area contributed by atoms with E-state index in [2.05, 4.69) is 41.2 Å². The molecule has 3 aromatic carbocycles. The Balaban J connectivity index is 1.37. The fourth-order valence-electron chi connectivity index (χ4n) is 5.99. The summed E-state index contributed by atoms with van der Waals surface area (Å²) in [5.74, 6) is -2.30. The molecule has 3 amide bonds. The highest BCUT2D eigenvalue weighted by atomic mass is 16.6. The van der Waals surface area contributed by atoms with Gasteiger partial charge in [0.1, 0.15) is 19.3 Å². The smallest absolute Gasteiger partial charge is 0.407 e. The first-order valence-electron chi connectivity index (χ1n) is 17.2. The van der Waals surface area contributed by atoms with E-state index in [1.54, 1.807) is 36.4 Å². The van der Waals surface area contributed by atoms with Crippen LogP contribution in [0.15, 0.2) is 104 Å². The maximum Gasteiger partial charge on any atom is 0.407 e. The number of carbonyl (C=O) groups excluding carboxylic acids is 4. The summed E-state index contributed by atoms with van der Waals surface area (Å²) in [5, 5.41) is 17.1. The van der Waals surface area contributed by atoms with E-state index in [1.165, 1.54) is 0 Å².